The van der Waals surface area contributed by atoms with Gasteiger partial charge in [-0.15, -0.1) is 0 Å². The van der Waals surface area contributed by atoms with Crippen LogP contribution in [-0.2, 0) is 0 Å². The summed E-state index contributed by atoms with van der Waals surface area (Å²) in [5.74, 6) is 0. The summed E-state index contributed by atoms with van der Waals surface area (Å²) in [5, 5.41) is 9.41. The topological polar surface area (TPSA) is 49.5 Å². The monoisotopic (exact) mass is 316 g/mol. The number of aliphatic hydroxyl groups is 1. The van der Waals surface area contributed by atoms with E-state index >= 15 is 0 Å². The van der Waals surface area contributed by atoms with Crippen LogP contribution >= 0.6 is 28.1 Å². The fourth-order valence-electron chi connectivity index (χ4n) is 1.42. The Morgan fingerprint density at radius 3 is 2.59 bits per heavy atom. The highest BCUT2D eigenvalue weighted by atomic mass is 79.9. The molecular formula is C12H17BrN2OS. The van der Waals surface area contributed by atoms with Gasteiger partial charge in [-0.05, 0) is 32.0 Å². The predicted molar refractivity (Wildman–Crippen MR) is 79.6 cm³/mol. The molecule has 0 fully saturated rings. The minimum Gasteiger partial charge on any atom is -0.394 e. The molecule has 0 atom stereocenters. The smallest absolute Gasteiger partial charge is 0.106 e. The lowest BCUT2D eigenvalue weighted by atomic mass is 10.0. The van der Waals surface area contributed by atoms with Gasteiger partial charge in [0.15, 0.2) is 0 Å². The number of halogens is 1. The summed E-state index contributed by atoms with van der Waals surface area (Å²) in [4.78, 5) is 2.33. The van der Waals surface area contributed by atoms with Gasteiger partial charge in [0.05, 0.1) is 12.1 Å². The van der Waals surface area contributed by atoms with Crippen LogP contribution in [0.2, 0.25) is 0 Å². The zero-order chi connectivity index (χ0) is 13.2. The second kappa shape index (κ2) is 5.33. The molecule has 94 valence electrons. The van der Waals surface area contributed by atoms with Crippen molar-refractivity contribution in [2.75, 3.05) is 18.6 Å². The van der Waals surface area contributed by atoms with E-state index in [4.69, 9.17) is 18.0 Å². The summed E-state index contributed by atoms with van der Waals surface area (Å²) < 4.78 is 0.952. The highest BCUT2D eigenvalue weighted by Gasteiger charge is 2.25. The average Bonchev–Trinajstić information content (AvgIpc) is 2.27. The minimum atomic E-state index is -0.375. The molecule has 5 heteroatoms. The molecule has 1 rings (SSSR count). The molecule has 0 aromatic heterocycles. The fourth-order valence-corrected chi connectivity index (χ4v) is 1.94. The Labute approximate surface area is 116 Å². The van der Waals surface area contributed by atoms with Crippen LogP contribution in [-0.4, -0.2) is 29.3 Å². The van der Waals surface area contributed by atoms with Gasteiger partial charge in [0, 0.05) is 22.8 Å². The molecule has 0 spiro atoms. The zero-order valence-electron chi connectivity index (χ0n) is 10.2. The van der Waals surface area contributed by atoms with Gasteiger partial charge in [-0.1, -0.05) is 28.1 Å². The molecule has 0 aliphatic rings. The number of thiocarbonyl (C=S) groups is 1. The van der Waals surface area contributed by atoms with Crippen LogP contribution in [0.4, 0.5) is 5.69 Å². The number of benzene rings is 1. The van der Waals surface area contributed by atoms with Gasteiger partial charge < -0.3 is 15.7 Å². The van der Waals surface area contributed by atoms with Crippen molar-refractivity contribution in [3.05, 3.63) is 28.2 Å². The molecule has 1 aromatic rings. The lowest BCUT2D eigenvalue weighted by molar-refractivity contribution is 0.216. The summed E-state index contributed by atoms with van der Waals surface area (Å²) in [6.07, 6.45) is 0. The first kappa shape index (κ1) is 14.4. The summed E-state index contributed by atoms with van der Waals surface area (Å²) in [5.41, 5.74) is 7.06. The molecule has 0 amide bonds. The molecule has 0 heterocycles. The van der Waals surface area contributed by atoms with E-state index in [-0.39, 0.29) is 12.1 Å². The number of hydrogen-bond donors (Lipinski definition) is 2. The van der Waals surface area contributed by atoms with Crippen molar-refractivity contribution >= 4 is 38.8 Å². The van der Waals surface area contributed by atoms with E-state index in [1.165, 1.54) is 0 Å². The van der Waals surface area contributed by atoms with E-state index in [9.17, 15) is 5.11 Å². The normalized spacial score (nSPS) is 11.4. The minimum absolute atomic E-state index is 0.0484. The maximum absolute atomic E-state index is 9.41. The Morgan fingerprint density at radius 1 is 1.53 bits per heavy atom. The molecular weight excluding hydrogens is 300 g/mol. The van der Waals surface area contributed by atoms with Gasteiger partial charge in [0.1, 0.15) is 4.99 Å². The van der Waals surface area contributed by atoms with Crippen molar-refractivity contribution in [1.29, 1.82) is 0 Å². The zero-order valence-corrected chi connectivity index (χ0v) is 12.6. The lowest BCUT2D eigenvalue weighted by Gasteiger charge is -2.37. The van der Waals surface area contributed by atoms with Crippen LogP contribution in [0.15, 0.2) is 22.7 Å². The van der Waals surface area contributed by atoms with E-state index in [0.29, 0.717) is 4.99 Å². The van der Waals surface area contributed by atoms with Crippen LogP contribution in [0.25, 0.3) is 0 Å². The highest BCUT2D eigenvalue weighted by Crippen LogP contribution is 2.29. The molecule has 0 unspecified atom stereocenters. The van der Waals surface area contributed by atoms with Crippen LogP contribution in [0.1, 0.15) is 19.4 Å². The third-order valence-corrected chi connectivity index (χ3v) is 3.59. The maximum Gasteiger partial charge on any atom is 0.106 e. The van der Waals surface area contributed by atoms with Crippen LogP contribution in [0, 0.1) is 0 Å². The molecule has 17 heavy (non-hydrogen) atoms. The third-order valence-electron chi connectivity index (χ3n) is 2.88. The second-order valence-corrected chi connectivity index (χ2v) is 5.91. The van der Waals surface area contributed by atoms with Crippen LogP contribution < -0.4 is 10.6 Å². The van der Waals surface area contributed by atoms with Crippen molar-refractivity contribution in [2.24, 2.45) is 5.73 Å². The molecule has 0 saturated carbocycles. The molecule has 3 nitrogen and oxygen atoms in total. The largest absolute Gasteiger partial charge is 0.394 e. The fraction of sp³-hybridized carbons (Fsp3) is 0.417. The van der Waals surface area contributed by atoms with Gasteiger partial charge in [0.25, 0.3) is 0 Å². The number of nitrogens with zero attached hydrogens (tertiary/aromatic N) is 1. The first-order valence-corrected chi connectivity index (χ1v) is 6.44. The van der Waals surface area contributed by atoms with Crippen molar-refractivity contribution in [1.82, 2.24) is 0 Å². The Balaban J connectivity index is 3.29. The summed E-state index contributed by atoms with van der Waals surface area (Å²) in [7, 11) is 1.92. The molecule has 0 bridgehead atoms. The van der Waals surface area contributed by atoms with Gasteiger partial charge in [0.2, 0.25) is 0 Å². The maximum atomic E-state index is 9.41. The van der Waals surface area contributed by atoms with Gasteiger partial charge in [-0.25, -0.2) is 0 Å². The van der Waals surface area contributed by atoms with E-state index in [0.717, 1.165) is 15.7 Å². The number of hydrogen-bond acceptors (Lipinski definition) is 3. The Morgan fingerprint density at radius 2 is 2.12 bits per heavy atom. The number of rotatable bonds is 4. The number of nitrogens with two attached hydrogens (primary N) is 1. The molecule has 3 N–H and O–H groups in total. The number of aliphatic hydroxyl groups excluding tert-OH is 1. The highest BCUT2D eigenvalue weighted by molar-refractivity contribution is 9.10. The molecule has 0 aliphatic heterocycles. The van der Waals surface area contributed by atoms with Crippen molar-refractivity contribution in [2.45, 2.75) is 19.4 Å². The van der Waals surface area contributed by atoms with Crippen molar-refractivity contribution < 1.29 is 5.11 Å². The second-order valence-electron chi connectivity index (χ2n) is 4.56. The van der Waals surface area contributed by atoms with E-state index in [2.05, 4.69) is 15.9 Å². The average molecular weight is 317 g/mol. The van der Waals surface area contributed by atoms with E-state index in [1.807, 2.05) is 44.0 Å². The first-order valence-electron chi connectivity index (χ1n) is 5.23. The van der Waals surface area contributed by atoms with Gasteiger partial charge >= 0.3 is 0 Å². The SMILES string of the molecule is CN(c1cc(Br)ccc1C(N)=S)C(C)(C)CO. The van der Waals surface area contributed by atoms with Gasteiger partial charge in [-0.2, -0.15) is 0 Å². The van der Waals surface area contributed by atoms with E-state index < -0.39 is 0 Å². The predicted octanol–water partition coefficient (Wildman–Crippen LogP) is 2.29. The van der Waals surface area contributed by atoms with Gasteiger partial charge in [-0.3, -0.25) is 0 Å². The summed E-state index contributed by atoms with van der Waals surface area (Å²) in [6, 6.07) is 5.73. The van der Waals surface area contributed by atoms with Crippen LogP contribution in [0.3, 0.4) is 0 Å². The quantitative estimate of drug-likeness (QED) is 0.837. The number of anilines is 1. The Kier molecular flexibility index (Phi) is 4.52. The summed E-state index contributed by atoms with van der Waals surface area (Å²) >= 11 is 8.47. The molecule has 0 aliphatic carbocycles. The Hall–Kier alpha value is -0.650. The summed E-state index contributed by atoms with van der Waals surface area (Å²) in [6.45, 7) is 3.96. The lowest BCUT2D eigenvalue weighted by Crippen LogP contribution is -2.45. The molecule has 0 radical (unpaired) electrons. The third kappa shape index (κ3) is 3.18. The van der Waals surface area contributed by atoms with Crippen molar-refractivity contribution in [3.8, 4) is 0 Å². The molecule has 1 aromatic carbocycles. The Bertz CT molecular complexity index is 435. The standard InChI is InChI=1S/C12H17BrN2OS/c1-12(2,7-16)15(3)10-6-8(13)4-5-9(10)11(14)17/h4-6,16H,7H2,1-3H3,(H2,14,17). The number of likely N-dealkylation sites (N-methyl/N-ethyl adjacent to an activating group) is 1. The van der Waals surface area contributed by atoms with Crippen LogP contribution in [0.5, 0.6) is 0 Å². The van der Waals surface area contributed by atoms with E-state index in [1.54, 1.807) is 0 Å². The van der Waals surface area contributed by atoms with Crippen molar-refractivity contribution in [3.63, 3.8) is 0 Å². The first-order chi connectivity index (χ1) is 7.79. The molecule has 0 saturated heterocycles.